The molecular formula is C18H16N6OS. The van der Waals surface area contributed by atoms with Crippen molar-refractivity contribution in [3.8, 4) is 17.0 Å². The van der Waals surface area contributed by atoms with Crippen LogP contribution < -0.4 is 11.1 Å². The first-order valence-corrected chi connectivity index (χ1v) is 8.79. The van der Waals surface area contributed by atoms with Gasteiger partial charge in [-0.3, -0.25) is 0 Å². The Bertz CT molecular complexity index is 1070. The zero-order chi connectivity index (χ0) is 18.1. The molecule has 4 aromatic rings. The van der Waals surface area contributed by atoms with Crippen molar-refractivity contribution in [2.75, 3.05) is 11.1 Å². The molecule has 7 nitrogen and oxygen atoms in total. The molecule has 0 amide bonds. The van der Waals surface area contributed by atoms with Crippen molar-refractivity contribution in [2.45, 2.75) is 13.5 Å². The Morgan fingerprint density at radius 2 is 2.08 bits per heavy atom. The average molecular weight is 364 g/mol. The predicted octanol–water partition coefficient (Wildman–Crippen LogP) is 3.36. The molecule has 0 spiro atoms. The highest BCUT2D eigenvalue weighted by Gasteiger charge is 2.11. The molecule has 26 heavy (non-hydrogen) atoms. The summed E-state index contributed by atoms with van der Waals surface area (Å²) in [6.45, 7) is 2.39. The second-order valence-electron chi connectivity index (χ2n) is 5.82. The Balaban J connectivity index is 1.57. The first-order valence-electron chi connectivity index (χ1n) is 7.97. The molecule has 0 atom stereocenters. The first-order chi connectivity index (χ1) is 12.6. The third kappa shape index (κ3) is 3.14. The number of phenols is 1. The Morgan fingerprint density at radius 3 is 2.92 bits per heavy atom. The predicted molar refractivity (Wildman–Crippen MR) is 103 cm³/mol. The fourth-order valence-electron chi connectivity index (χ4n) is 2.71. The van der Waals surface area contributed by atoms with Gasteiger partial charge < -0.3 is 16.2 Å². The topological polar surface area (TPSA) is 110 Å². The van der Waals surface area contributed by atoms with Crippen LogP contribution in [-0.2, 0) is 6.54 Å². The van der Waals surface area contributed by atoms with E-state index in [0.717, 1.165) is 20.8 Å². The maximum atomic E-state index is 10.1. The van der Waals surface area contributed by atoms with Gasteiger partial charge in [0.15, 0.2) is 0 Å². The van der Waals surface area contributed by atoms with Crippen LogP contribution in [0.1, 0.15) is 10.6 Å². The van der Waals surface area contributed by atoms with Crippen LogP contribution in [0.5, 0.6) is 5.75 Å². The van der Waals surface area contributed by atoms with Crippen LogP contribution in [0.2, 0.25) is 0 Å². The van der Waals surface area contributed by atoms with Crippen LogP contribution >= 0.6 is 11.3 Å². The highest BCUT2D eigenvalue weighted by atomic mass is 32.1. The summed E-state index contributed by atoms with van der Waals surface area (Å²) < 4.78 is 1.08. The summed E-state index contributed by atoms with van der Waals surface area (Å²) in [6.07, 6.45) is 1.54. The number of nitrogens with two attached hydrogens (primary N) is 1. The Morgan fingerprint density at radius 1 is 1.19 bits per heavy atom. The fraction of sp³-hybridized carbons (Fsp3) is 0.111. The van der Waals surface area contributed by atoms with Crippen LogP contribution in [0.4, 0.5) is 11.6 Å². The number of rotatable bonds is 4. The van der Waals surface area contributed by atoms with Gasteiger partial charge in [-0.25, -0.2) is 9.97 Å². The monoisotopic (exact) mass is 364 g/mol. The maximum Gasteiger partial charge on any atom is 0.243 e. The van der Waals surface area contributed by atoms with E-state index < -0.39 is 0 Å². The van der Waals surface area contributed by atoms with Gasteiger partial charge in [-0.05, 0) is 36.8 Å². The summed E-state index contributed by atoms with van der Waals surface area (Å²) >= 11 is 1.59. The molecule has 0 radical (unpaired) electrons. The summed E-state index contributed by atoms with van der Waals surface area (Å²) in [6, 6.07) is 11.0. The van der Waals surface area contributed by atoms with E-state index in [1.54, 1.807) is 23.5 Å². The molecule has 0 saturated heterocycles. The first kappa shape index (κ1) is 16.2. The molecule has 4 rings (SSSR count). The minimum absolute atomic E-state index is 0.167. The Hall–Kier alpha value is -3.26. The average Bonchev–Trinajstić information content (AvgIpc) is 3.02. The van der Waals surface area contributed by atoms with E-state index in [4.69, 9.17) is 5.73 Å². The summed E-state index contributed by atoms with van der Waals surface area (Å²) in [5.74, 6) is 0.545. The van der Waals surface area contributed by atoms with E-state index in [9.17, 15) is 5.11 Å². The van der Waals surface area contributed by atoms with E-state index in [-0.39, 0.29) is 5.75 Å². The van der Waals surface area contributed by atoms with E-state index in [0.29, 0.717) is 29.4 Å². The number of nitrogens with one attached hydrogen (secondary N) is 1. The Labute approximate surface area is 153 Å². The lowest BCUT2D eigenvalue weighted by molar-refractivity contribution is 0.476. The number of hydrogen-bond acceptors (Lipinski definition) is 8. The van der Waals surface area contributed by atoms with Gasteiger partial charge in [0.2, 0.25) is 5.95 Å². The number of thiazole rings is 1. The minimum atomic E-state index is 0.167. The standard InChI is InChI=1S/C18H16N6OS/c1-10-3-2-4-14(25)17(10)13-8-21-24-18(23-13)20-9-16-22-12-7-11(19)5-6-15(12)26-16/h2-8,25H,9,19H2,1H3,(H,20,23,24). The highest BCUT2D eigenvalue weighted by Crippen LogP contribution is 2.30. The number of phenolic OH excluding ortho intramolecular Hbond substituents is 1. The molecule has 0 aliphatic carbocycles. The van der Waals surface area contributed by atoms with Crippen molar-refractivity contribution < 1.29 is 5.11 Å². The van der Waals surface area contributed by atoms with Crippen molar-refractivity contribution in [1.82, 2.24) is 20.2 Å². The molecule has 2 heterocycles. The number of benzene rings is 2. The zero-order valence-corrected chi connectivity index (χ0v) is 14.8. The fourth-order valence-corrected chi connectivity index (χ4v) is 3.59. The van der Waals surface area contributed by atoms with Gasteiger partial charge in [0.1, 0.15) is 10.8 Å². The van der Waals surface area contributed by atoms with Crippen molar-refractivity contribution >= 4 is 33.2 Å². The third-order valence-electron chi connectivity index (χ3n) is 3.92. The number of aryl methyl sites for hydroxylation is 1. The number of fused-ring (bicyclic) bond motifs is 1. The smallest absolute Gasteiger partial charge is 0.243 e. The molecular weight excluding hydrogens is 348 g/mol. The molecule has 8 heteroatoms. The van der Waals surface area contributed by atoms with Gasteiger partial charge >= 0.3 is 0 Å². The number of anilines is 2. The molecule has 130 valence electrons. The van der Waals surface area contributed by atoms with Gasteiger partial charge in [-0.2, -0.15) is 5.10 Å². The van der Waals surface area contributed by atoms with Crippen molar-refractivity contribution in [1.29, 1.82) is 0 Å². The van der Waals surface area contributed by atoms with Crippen LogP contribution in [0.15, 0.2) is 42.6 Å². The maximum absolute atomic E-state index is 10.1. The third-order valence-corrected chi connectivity index (χ3v) is 4.96. The number of aromatic nitrogens is 4. The lowest BCUT2D eigenvalue weighted by atomic mass is 10.1. The second-order valence-corrected chi connectivity index (χ2v) is 6.94. The molecule has 4 N–H and O–H groups in total. The van der Waals surface area contributed by atoms with Gasteiger partial charge in [0.25, 0.3) is 0 Å². The van der Waals surface area contributed by atoms with E-state index >= 15 is 0 Å². The number of nitrogens with zero attached hydrogens (tertiary/aromatic N) is 4. The van der Waals surface area contributed by atoms with E-state index in [2.05, 4.69) is 25.5 Å². The SMILES string of the molecule is Cc1cccc(O)c1-c1cnnc(NCc2nc3cc(N)ccc3s2)n1. The van der Waals surface area contributed by atoms with Crippen LogP contribution in [0.25, 0.3) is 21.5 Å². The van der Waals surface area contributed by atoms with Crippen molar-refractivity contribution in [3.05, 3.63) is 53.2 Å². The molecule has 2 aromatic carbocycles. The molecule has 0 saturated carbocycles. The summed E-state index contributed by atoms with van der Waals surface area (Å²) in [7, 11) is 0. The van der Waals surface area contributed by atoms with Gasteiger partial charge in [0, 0.05) is 11.3 Å². The number of nitrogen functional groups attached to an aromatic ring is 1. The molecule has 2 aromatic heterocycles. The molecule has 0 fully saturated rings. The van der Waals surface area contributed by atoms with Crippen molar-refractivity contribution in [2.24, 2.45) is 0 Å². The van der Waals surface area contributed by atoms with Crippen LogP contribution in [0, 0.1) is 6.92 Å². The lowest BCUT2D eigenvalue weighted by Crippen LogP contribution is -2.05. The van der Waals surface area contributed by atoms with E-state index in [1.165, 1.54) is 6.20 Å². The minimum Gasteiger partial charge on any atom is -0.507 e. The van der Waals surface area contributed by atoms with E-state index in [1.807, 2.05) is 31.2 Å². The van der Waals surface area contributed by atoms with Crippen molar-refractivity contribution in [3.63, 3.8) is 0 Å². The zero-order valence-electron chi connectivity index (χ0n) is 14.0. The highest BCUT2D eigenvalue weighted by molar-refractivity contribution is 7.18. The van der Waals surface area contributed by atoms with Gasteiger partial charge in [-0.15, -0.1) is 16.4 Å². The van der Waals surface area contributed by atoms with Gasteiger partial charge in [0.05, 0.1) is 28.7 Å². The Kier molecular flexibility index (Phi) is 4.10. The normalized spacial score (nSPS) is 11.0. The number of hydrogen-bond donors (Lipinski definition) is 3. The molecule has 0 bridgehead atoms. The largest absolute Gasteiger partial charge is 0.507 e. The van der Waals surface area contributed by atoms with Crippen LogP contribution in [-0.4, -0.2) is 25.3 Å². The summed E-state index contributed by atoms with van der Waals surface area (Å²) in [5.41, 5.74) is 9.50. The quantitative estimate of drug-likeness (QED) is 0.476. The lowest BCUT2D eigenvalue weighted by Gasteiger charge is -2.08. The summed E-state index contributed by atoms with van der Waals surface area (Å²) in [4.78, 5) is 9.02. The second kappa shape index (κ2) is 6.57. The molecule has 0 aliphatic rings. The van der Waals surface area contributed by atoms with Crippen LogP contribution in [0.3, 0.4) is 0 Å². The number of aromatic hydroxyl groups is 1. The summed E-state index contributed by atoms with van der Waals surface area (Å²) in [5, 5.41) is 22.2. The molecule has 0 aliphatic heterocycles. The van der Waals surface area contributed by atoms with Gasteiger partial charge in [-0.1, -0.05) is 12.1 Å². The molecule has 0 unspecified atom stereocenters.